The molecule has 1 aromatic heterocycles. The average molecular weight is 399 g/mol. The van der Waals surface area contributed by atoms with E-state index in [1.165, 1.54) is 5.56 Å². The molecule has 0 amide bonds. The van der Waals surface area contributed by atoms with Crippen LogP contribution in [0.1, 0.15) is 31.9 Å². The minimum absolute atomic E-state index is 0.0183. The molecule has 4 aromatic rings. The summed E-state index contributed by atoms with van der Waals surface area (Å²) in [5, 5.41) is 10.5. The Morgan fingerprint density at radius 1 is 0.933 bits per heavy atom. The molecule has 0 aliphatic carbocycles. The molecule has 3 aromatic carbocycles. The molecule has 0 bridgehead atoms. The Labute approximate surface area is 176 Å². The number of hydrogen-bond donors (Lipinski definition) is 2. The second-order valence-corrected chi connectivity index (χ2v) is 8.50. The highest BCUT2D eigenvalue weighted by Crippen LogP contribution is 2.35. The molecular weight excluding hydrogens is 374 g/mol. The molecule has 2 N–H and O–H groups in total. The van der Waals surface area contributed by atoms with Crippen molar-refractivity contribution in [3.8, 4) is 22.8 Å². The van der Waals surface area contributed by atoms with Gasteiger partial charge in [-0.3, -0.25) is 4.79 Å². The zero-order valence-corrected chi connectivity index (χ0v) is 17.4. The van der Waals surface area contributed by atoms with Gasteiger partial charge in [0, 0.05) is 16.5 Å². The third-order valence-corrected chi connectivity index (χ3v) is 5.20. The standard InChI is InChI=1S/C26H25NO3/c1-26(2,3)18-12-13-23-21(15-18)22(16-24(28)29)25(27-23)17-8-7-11-20(14-17)30-19-9-5-4-6-10-19/h4-15,27H,16H2,1-3H3,(H,28,29). The summed E-state index contributed by atoms with van der Waals surface area (Å²) in [5.74, 6) is 0.607. The first-order chi connectivity index (χ1) is 14.3. The second kappa shape index (κ2) is 7.71. The topological polar surface area (TPSA) is 62.3 Å². The van der Waals surface area contributed by atoms with Crippen molar-refractivity contribution >= 4 is 16.9 Å². The van der Waals surface area contributed by atoms with Gasteiger partial charge in [0.05, 0.1) is 12.1 Å². The Kier molecular flexibility index (Phi) is 5.08. The highest BCUT2D eigenvalue weighted by molar-refractivity contribution is 5.94. The van der Waals surface area contributed by atoms with Gasteiger partial charge in [-0.05, 0) is 52.9 Å². The fourth-order valence-electron chi connectivity index (χ4n) is 3.64. The number of ether oxygens (including phenoxy) is 1. The number of aromatic amines is 1. The molecule has 0 aliphatic heterocycles. The van der Waals surface area contributed by atoms with Gasteiger partial charge in [-0.2, -0.15) is 0 Å². The molecule has 0 saturated carbocycles. The smallest absolute Gasteiger partial charge is 0.307 e. The zero-order chi connectivity index (χ0) is 21.3. The van der Waals surface area contributed by atoms with Crippen LogP contribution in [0.4, 0.5) is 0 Å². The molecule has 0 saturated heterocycles. The van der Waals surface area contributed by atoms with Crippen molar-refractivity contribution in [1.82, 2.24) is 4.98 Å². The third kappa shape index (κ3) is 4.08. The van der Waals surface area contributed by atoms with E-state index in [9.17, 15) is 9.90 Å². The normalized spacial score (nSPS) is 11.6. The number of carbonyl (C=O) groups is 1. The molecule has 4 heteroatoms. The van der Waals surface area contributed by atoms with Gasteiger partial charge in [0.1, 0.15) is 11.5 Å². The lowest BCUT2D eigenvalue weighted by Crippen LogP contribution is -2.10. The van der Waals surface area contributed by atoms with Crippen molar-refractivity contribution in [2.24, 2.45) is 0 Å². The molecular formula is C26H25NO3. The van der Waals surface area contributed by atoms with Crippen molar-refractivity contribution in [3.63, 3.8) is 0 Å². The van der Waals surface area contributed by atoms with E-state index in [1.807, 2.05) is 60.7 Å². The fraction of sp³-hybridized carbons (Fsp3) is 0.192. The number of carboxylic acid groups (broad SMARTS) is 1. The Morgan fingerprint density at radius 3 is 2.37 bits per heavy atom. The van der Waals surface area contributed by atoms with Crippen molar-refractivity contribution in [2.75, 3.05) is 0 Å². The Hall–Kier alpha value is -3.53. The highest BCUT2D eigenvalue weighted by atomic mass is 16.5. The van der Waals surface area contributed by atoms with E-state index in [1.54, 1.807) is 0 Å². The van der Waals surface area contributed by atoms with Crippen LogP contribution in [-0.2, 0) is 16.6 Å². The molecule has 0 spiro atoms. The maximum Gasteiger partial charge on any atom is 0.307 e. The van der Waals surface area contributed by atoms with Crippen LogP contribution in [0.2, 0.25) is 0 Å². The van der Waals surface area contributed by atoms with Crippen molar-refractivity contribution < 1.29 is 14.6 Å². The zero-order valence-electron chi connectivity index (χ0n) is 17.4. The van der Waals surface area contributed by atoms with Crippen LogP contribution in [0.25, 0.3) is 22.2 Å². The van der Waals surface area contributed by atoms with Gasteiger partial charge in [-0.1, -0.05) is 57.2 Å². The van der Waals surface area contributed by atoms with E-state index >= 15 is 0 Å². The Balaban J connectivity index is 1.81. The minimum Gasteiger partial charge on any atom is -0.481 e. The highest BCUT2D eigenvalue weighted by Gasteiger charge is 2.20. The summed E-state index contributed by atoms with van der Waals surface area (Å²) in [6, 6.07) is 23.6. The summed E-state index contributed by atoms with van der Waals surface area (Å²) >= 11 is 0. The van der Waals surface area contributed by atoms with Crippen molar-refractivity contribution in [1.29, 1.82) is 0 Å². The van der Waals surface area contributed by atoms with Gasteiger partial charge in [0.15, 0.2) is 0 Å². The lowest BCUT2D eigenvalue weighted by atomic mass is 9.86. The summed E-state index contributed by atoms with van der Waals surface area (Å²) in [6.45, 7) is 6.47. The number of H-pyrrole nitrogens is 1. The van der Waals surface area contributed by atoms with Gasteiger partial charge in [-0.15, -0.1) is 0 Å². The van der Waals surface area contributed by atoms with Crippen LogP contribution in [0.5, 0.6) is 11.5 Å². The van der Waals surface area contributed by atoms with Gasteiger partial charge in [0.2, 0.25) is 0 Å². The van der Waals surface area contributed by atoms with E-state index in [0.29, 0.717) is 5.75 Å². The van der Waals surface area contributed by atoms with E-state index in [2.05, 4.69) is 37.9 Å². The fourth-order valence-corrected chi connectivity index (χ4v) is 3.64. The minimum atomic E-state index is -0.852. The van der Waals surface area contributed by atoms with Crippen LogP contribution in [0.3, 0.4) is 0 Å². The number of aromatic nitrogens is 1. The maximum absolute atomic E-state index is 11.6. The summed E-state index contributed by atoms with van der Waals surface area (Å²) in [6.07, 6.45) is -0.0489. The largest absolute Gasteiger partial charge is 0.481 e. The number of fused-ring (bicyclic) bond motifs is 1. The molecule has 4 nitrogen and oxygen atoms in total. The molecule has 0 atom stereocenters. The van der Waals surface area contributed by atoms with Gasteiger partial charge in [-0.25, -0.2) is 0 Å². The number of aliphatic carboxylic acids is 1. The monoisotopic (exact) mass is 399 g/mol. The summed E-state index contributed by atoms with van der Waals surface area (Å²) < 4.78 is 5.97. The SMILES string of the molecule is CC(C)(C)c1ccc2[nH]c(-c3cccc(Oc4ccccc4)c3)c(CC(=O)O)c2c1. The number of rotatable bonds is 5. The Bertz CT molecular complexity index is 1200. The third-order valence-electron chi connectivity index (χ3n) is 5.20. The summed E-state index contributed by atoms with van der Waals surface area (Å²) in [4.78, 5) is 15.1. The molecule has 1 heterocycles. The first-order valence-electron chi connectivity index (χ1n) is 10.0. The molecule has 152 valence electrons. The predicted molar refractivity (Wildman–Crippen MR) is 120 cm³/mol. The lowest BCUT2D eigenvalue weighted by Gasteiger charge is -2.19. The number of hydrogen-bond acceptors (Lipinski definition) is 2. The molecule has 0 aliphatic rings. The number of nitrogens with one attached hydrogen (secondary N) is 1. The molecule has 0 unspecified atom stereocenters. The Morgan fingerprint density at radius 2 is 1.67 bits per heavy atom. The molecule has 0 fully saturated rings. The average Bonchev–Trinajstić information content (AvgIpc) is 3.05. The van der Waals surface area contributed by atoms with Crippen LogP contribution in [-0.4, -0.2) is 16.1 Å². The molecule has 4 rings (SSSR count). The number of benzene rings is 3. The maximum atomic E-state index is 11.6. The lowest BCUT2D eigenvalue weighted by molar-refractivity contribution is -0.136. The van der Waals surface area contributed by atoms with E-state index < -0.39 is 5.97 Å². The van der Waals surface area contributed by atoms with E-state index in [4.69, 9.17) is 4.74 Å². The van der Waals surface area contributed by atoms with Crippen LogP contribution >= 0.6 is 0 Å². The van der Waals surface area contributed by atoms with Crippen LogP contribution < -0.4 is 4.74 Å². The molecule has 0 radical (unpaired) electrons. The first-order valence-corrected chi connectivity index (χ1v) is 10.0. The van der Waals surface area contributed by atoms with E-state index in [-0.39, 0.29) is 11.8 Å². The second-order valence-electron chi connectivity index (χ2n) is 8.50. The van der Waals surface area contributed by atoms with Crippen LogP contribution in [0, 0.1) is 0 Å². The first kappa shape index (κ1) is 19.8. The van der Waals surface area contributed by atoms with Crippen LogP contribution in [0.15, 0.2) is 72.8 Å². The quantitative estimate of drug-likeness (QED) is 0.400. The number of para-hydroxylation sites is 1. The molecule has 30 heavy (non-hydrogen) atoms. The van der Waals surface area contributed by atoms with Crippen molar-refractivity contribution in [2.45, 2.75) is 32.6 Å². The summed E-state index contributed by atoms with van der Waals surface area (Å²) in [7, 11) is 0. The van der Waals surface area contributed by atoms with E-state index in [0.717, 1.165) is 33.5 Å². The summed E-state index contributed by atoms with van der Waals surface area (Å²) in [5.41, 5.74) is 4.60. The van der Waals surface area contributed by atoms with Gasteiger partial charge < -0.3 is 14.8 Å². The predicted octanol–water partition coefficient (Wildman–Crippen LogP) is 6.55. The van der Waals surface area contributed by atoms with Gasteiger partial charge in [0.25, 0.3) is 0 Å². The van der Waals surface area contributed by atoms with Gasteiger partial charge >= 0.3 is 5.97 Å². The van der Waals surface area contributed by atoms with Crippen molar-refractivity contribution in [3.05, 3.63) is 83.9 Å². The number of carboxylic acids is 1.